The summed E-state index contributed by atoms with van der Waals surface area (Å²) in [4.78, 5) is 11.3. The molecule has 0 aromatic heterocycles. The molecule has 7 heteroatoms. The van der Waals surface area contributed by atoms with Crippen LogP contribution in [0, 0.1) is 0 Å². The van der Waals surface area contributed by atoms with Gasteiger partial charge < -0.3 is 15.8 Å². The number of carbonyl (C=O) groups excluding carboxylic acids is 1. The molecular weight excluding hydrogens is 290 g/mol. The third-order valence-electron chi connectivity index (χ3n) is 2.49. The van der Waals surface area contributed by atoms with Crippen molar-refractivity contribution in [1.82, 2.24) is 5.32 Å². The van der Waals surface area contributed by atoms with E-state index in [2.05, 4.69) is 5.32 Å². The average Bonchev–Trinajstić information content (AvgIpc) is 2.43. The Bertz CT molecular complexity index is 444. The normalized spacial score (nSPS) is 11.2. The van der Waals surface area contributed by atoms with E-state index < -0.39 is 24.9 Å². The van der Waals surface area contributed by atoms with Gasteiger partial charge in [-0.2, -0.15) is 0 Å². The molecule has 0 unspecified atom stereocenters. The van der Waals surface area contributed by atoms with Gasteiger partial charge in [0, 0.05) is 6.42 Å². The predicted molar refractivity (Wildman–Crippen MR) is 73.2 cm³/mol. The molecule has 0 aliphatic rings. The van der Waals surface area contributed by atoms with E-state index >= 15 is 0 Å². The van der Waals surface area contributed by atoms with Crippen molar-refractivity contribution in [2.24, 2.45) is 5.73 Å². The van der Waals surface area contributed by atoms with Gasteiger partial charge in [-0.15, -0.1) is 0 Å². The molecule has 1 amide bonds. The lowest BCUT2D eigenvalue weighted by atomic mass is 10.3. The number of alkyl halides is 2. The fourth-order valence-electron chi connectivity index (χ4n) is 1.37. The van der Waals surface area contributed by atoms with Gasteiger partial charge in [0.15, 0.2) is 0 Å². The molecule has 0 fully saturated rings. The Labute approximate surface area is 121 Å². The second kappa shape index (κ2) is 8.01. The molecule has 0 saturated heterocycles. The number of para-hydroxylation sites is 1. The van der Waals surface area contributed by atoms with Gasteiger partial charge in [0.1, 0.15) is 5.75 Å². The highest BCUT2D eigenvalue weighted by Crippen LogP contribution is 2.23. The van der Waals surface area contributed by atoms with E-state index in [1.807, 2.05) is 0 Å². The van der Waals surface area contributed by atoms with E-state index in [0.717, 1.165) is 0 Å². The number of rotatable bonds is 8. The van der Waals surface area contributed by atoms with Crippen molar-refractivity contribution in [2.45, 2.75) is 18.8 Å². The van der Waals surface area contributed by atoms with Crippen LogP contribution in [-0.2, 0) is 4.79 Å². The molecule has 1 aromatic rings. The molecular formula is C13H17ClF2N2O2. The Morgan fingerprint density at radius 2 is 2.10 bits per heavy atom. The summed E-state index contributed by atoms with van der Waals surface area (Å²) in [6.45, 7) is -1.25. The summed E-state index contributed by atoms with van der Waals surface area (Å²) in [5, 5.41) is 2.62. The van der Waals surface area contributed by atoms with E-state index in [-0.39, 0.29) is 13.0 Å². The Morgan fingerprint density at radius 3 is 2.75 bits per heavy atom. The van der Waals surface area contributed by atoms with Crippen molar-refractivity contribution in [2.75, 3.05) is 19.7 Å². The van der Waals surface area contributed by atoms with Crippen LogP contribution in [0.15, 0.2) is 24.3 Å². The lowest BCUT2D eigenvalue weighted by Crippen LogP contribution is -2.41. The Balaban J connectivity index is 2.18. The summed E-state index contributed by atoms with van der Waals surface area (Å²) >= 11 is 5.88. The SMILES string of the molecule is NCC(F)(F)CNC(=O)CCCOc1ccccc1Cl. The minimum Gasteiger partial charge on any atom is -0.492 e. The minimum absolute atomic E-state index is 0.102. The lowest BCUT2D eigenvalue weighted by Gasteiger charge is -2.14. The van der Waals surface area contributed by atoms with E-state index in [1.54, 1.807) is 24.3 Å². The zero-order chi connectivity index (χ0) is 15.0. The zero-order valence-corrected chi connectivity index (χ0v) is 11.6. The summed E-state index contributed by atoms with van der Waals surface area (Å²) in [5.41, 5.74) is 4.86. The van der Waals surface area contributed by atoms with Gasteiger partial charge in [-0.25, -0.2) is 8.78 Å². The number of halogens is 3. The van der Waals surface area contributed by atoms with Gasteiger partial charge >= 0.3 is 0 Å². The maximum Gasteiger partial charge on any atom is 0.277 e. The summed E-state index contributed by atoms with van der Waals surface area (Å²) in [6.07, 6.45) is 0.510. The monoisotopic (exact) mass is 306 g/mol. The molecule has 112 valence electrons. The quantitative estimate of drug-likeness (QED) is 0.724. The maximum absolute atomic E-state index is 12.8. The largest absolute Gasteiger partial charge is 0.492 e. The number of hydrogen-bond donors (Lipinski definition) is 2. The number of amides is 1. The van der Waals surface area contributed by atoms with E-state index in [4.69, 9.17) is 22.1 Å². The first kappa shape index (κ1) is 16.7. The van der Waals surface area contributed by atoms with Gasteiger partial charge in [0.05, 0.1) is 24.7 Å². The van der Waals surface area contributed by atoms with Crippen molar-refractivity contribution in [3.05, 3.63) is 29.3 Å². The molecule has 0 atom stereocenters. The van der Waals surface area contributed by atoms with E-state index in [0.29, 0.717) is 17.2 Å². The highest BCUT2D eigenvalue weighted by atomic mass is 35.5. The van der Waals surface area contributed by atoms with Crippen LogP contribution in [-0.4, -0.2) is 31.5 Å². The topological polar surface area (TPSA) is 64.3 Å². The summed E-state index contributed by atoms with van der Waals surface area (Å²) < 4.78 is 31.0. The number of benzene rings is 1. The van der Waals surface area contributed by atoms with Gasteiger partial charge in [-0.1, -0.05) is 23.7 Å². The first-order chi connectivity index (χ1) is 9.44. The van der Waals surface area contributed by atoms with Crippen LogP contribution in [0.4, 0.5) is 8.78 Å². The molecule has 4 nitrogen and oxygen atoms in total. The number of hydrogen-bond acceptors (Lipinski definition) is 3. The molecule has 0 saturated carbocycles. The van der Waals surface area contributed by atoms with Crippen LogP contribution in [0.25, 0.3) is 0 Å². The Morgan fingerprint density at radius 1 is 1.40 bits per heavy atom. The third kappa shape index (κ3) is 6.16. The van der Waals surface area contributed by atoms with E-state index in [1.165, 1.54) is 0 Å². The van der Waals surface area contributed by atoms with Crippen LogP contribution < -0.4 is 15.8 Å². The molecule has 0 aliphatic carbocycles. The minimum atomic E-state index is -3.07. The van der Waals surface area contributed by atoms with Crippen molar-refractivity contribution in [1.29, 1.82) is 0 Å². The highest BCUT2D eigenvalue weighted by Gasteiger charge is 2.26. The fourth-order valence-corrected chi connectivity index (χ4v) is 1.56. The highest BCUT2D eigenvalue weighted by molar-refractivity contribution is 6.32. The van der Waals surface area contributed by atoms with Crippen LogP contribution >= 0.6 is 11.6 Å². The molecule has 1 rings (SSSR count). The first-order valence-corrected chi connectivity index (χ1v) is 6.54. The molecule has 0 aliphatic heterocycles. The second-order valence-corrected chi connectivity index (χ2v) is 4.63. The maximum atomic E-state index is 12.8. The lowest BCUT2D eigenvalue weighted by molar-refractivity contribution is -0.123. The molecule has 0 heterocycles. The van der Waals surface area contributed by atoms with E-state index in [9.17, 15) is 13.6 Å². The third-order valence-corrected chi connectivity index (χ3v) is 2.80. The molecule has 0 radical (unpaired) electrons. The molecule has 0 spiro atoms. The molecule has 3 N–H and O–H groups in total. The summed E-state index contributed by atoms with van der Waals surface area (Å²) in [5.74, 6) is -2.99. The van der Waals surface area contributed by atoms with Crippen molar-refractivity contribution >= 4 is 17.5 Å². The van der Waals surface area contributed by atoms with Gasteiger partial charge in [0.2, 0.25) is 5.91 Å². The molecule has 0 bridgehead atoms. The fraction of sp³-hybridized carbons (Fsp3) is 0.462. The predicted octanol–water partition coefficient (Wildman–Crippen LogP) is 2.21. The summed E-state index contributed by atoms with van der Waals surface area (Å²) in [7, 11) is 0. The van der Waals surface area contributed by atoms with Crippen LogP contribution in [0.1, 0.15) is 12.8 Å². The van der Waals surface area contributed by atoms with Crippen LogP contribution in [0.5, 0.6) is 5.75 Å². The van der Waals surface area contributed by atoms with Gasteiger partial charge in [-0.05, 0) is 18.6 Å². The summed E-state index contributed by atoms with van der Waals surface area (Å²) in [6, 6.07) is 6.96. The van der Waals surface area contributed by atoms with Gasteiger partial charge in [-0.3, -0.25) is 4.79 Å². The zero-order valence-electron chi connectivity index (χ0n) is 10.9. The van der Waals surface area contributed by atoms with Crippen molar-refractivity contribution < 1.29 is 18.3 Å². The van der Waals surface area contributed by atoms with Crippen LogP contribution in [0.2, 0.25) is 5.02 Å². The van der Waals surface area contributed by atoms with Crippen molar-refractivity contribution in [3.63, 3.8) is 0 Å². The number of carbonyl (C=O) groups is 1. The number of nitrogens with two attached hydrogens (primary N) is 1. The van der Waals surface area contributed by atoms with Gasteiger partial charge in [0.25, 0.3) is 5.92 Å². The first-order valence-electron chi connectivity index (χ1n) is 6.16. The van der Waals surface area contributed by atoms with Crippen molar-refractivity contribution in [3.8, 4) is 5.75 Å². The smallest absolute Gasteiger partial charge is 0.277 e. The average molecular weight is 307 g/mol. The molecule has 20 heavy (non-hydrogen) atoms. The number of nitrogens with one attached hydrogen (secondary N) is 1. The second-order valence-electron chi connectivity index (χ2n) is 4.22. The standard InChI is InChI=1S/C13H17ClF2N2O2/c14-10-4-1-2-5-11(10)20-7-3-6-12(19)18-9-13(15,16)8-17/h1-2,4-5H,3,6-9,17H2,(H,18,19). The Kier molecular flexibility index (Phi) is 6.67. The number of ether oxygens (including phenoxy) is 1. The van der Waals surface area contributed by atoms with Crippen LogP contribution in [0.3, 0.4) is 0 Å². The molecule has 1 aromatic carbocycles. The Hall–Kier alpha value is -1.40.